The molecule has 0 spiro atoms. The number of carbonyl (C=O) groups is 3. The van der Waals surface area contributed by atoms with Gasteiger partial charge in [0.25, 0.3) is 0 Å². The molecule has 0 aliphatic carbocycles. The number of rotatable bonds is 3. The highest BCUT2D eigenvalue weighted by molar-refractivity contribution is 7.81. The van der Waals surface area contributed by atoms with Gasteiger partial charge < -0.3 is 29.7 Å². The van der Waals surface area contributed by atoms with Crippen LogP contribution in [0, 0.1) is 0 Å². The Morgan fingerprint density at radius 1 is 0.722 bits per heavy atom. The third-order valence-corrected chi connectivity index (χ3v) is 1.16. The SMILES string of the molecule is CCC.O=C([O-])CS.O=C([O-])CS.O=C([O-])CS. The number of aliphatic carboxylic acids is 3. The normalized spacial score (nSPS) is 7.17. The first-order valence-corrected chi connectivity index (χ1v) is 6.55. The minimum Gasteiger partial charge on any atom is -0.549 e. The molecule has 0 saturated heterocycles. The Labute approximate surface area is 123 Å². The molecular weight excluding hydrogens is 300 g/mol. The molecule has 6 nitrogen and oxygen atoms in total. The van der Waals surface area contributed by atoms with E-state index in [2.05, 4.69) is 51.7 Å². The van der Waals surface area contributed by atoms with Crippen LogP contribution < -0.4 is 15.3 Å². The predicted octanol–water partition coefficient (Wildman–Crippen LogP) is -2.59. The van der Waals surface area contributed by atoms with Crippen molar-refractivity contribution in [2.45, 2.75) is 20.3 Å². The van der Waals surface area contributed by atoms with E-state index in [1.807, 2.05) is 0 Å². The largest absolute Gasteiger partial charge is 0.549 e. The minimum atomic E-state index is -1.13. The second kappa shape index (κ2) is 25.3. The number of carbonyl (C=O) groups excluding carboxylic acids is 3. The molecule has 0 aromatic rings. The second-order valence-electron chi connectivity index (χ2n) is 2.30. The molecule has 0 bridgehead atoms. The Hall–Kier alpha value is -0.540. The van der Waals surface area contributed by atoms with Crippen molar-refractivity contribution < 1.29 is 29.7 Å². The van der Waals surface area contributed by atoms with Gasteiger partial charge in [-0.25, -0.2) is 0 Å². The van der Waals surface area contributed by atoms with Crippen LogP contribution in [0.4, 0.5) is 0 Å². The summed E-state index contributed by atoms with van der Waals surface area (Å²) < 4.78 is 0. The Bertz CT molecular complexity index is 177. The molecule has 0 atom stereocenters. The van der Waals surface area contributed by atoms with E-state index in [4.69, 9.17) is 0 Å². The number of hydrogen-bond acceptors (Lipinski definition) is 9. The highest BCUT2D eigenvalue weighted by Crippen LogP contribution is 1.63. The summed E-state index contributed by atoms with van der Waals surface area (Å²) in [7, 11) is 0. The van der Waals surface area contributed by atoms with Crippen molar-refractivity contribution in [2.75, 3.05) is 17.3 Å². The molecular formula is C9H17O6S3-3. The van der Waals surface area contributed by atoms with E-state index in [1.165, 1.54) is 6.42 Å². The van der Waals surface area contributed by atoms with E-state index >= 15 is 0 Å². The van der Waals surface area contributed by atoms with Crippen molar-refractivity contribution in [1.29, 1.82) is 0 Å². The highest BCUT2D eigenvalue weighted by Gasteiger charge is 1.67. The van der Waals surface area contributed by atoms with Crippen LogP contribution in [-0.4, -0.2) is 35.2 Å². The maximum Gasteiger partial charge on any atom is 0.0510 e. The highest BCUT2D eigenvalue weighted by atomic mass is 32.1. The molecule has 18 heavy (non-hydrogen) atoms. The molecule has 0 amide bonds. The topological polar surface area (TPSA) is 120 Å². The predicted molar refractivity (Wildman–Crippen MR) is 72.5 cm³/mol. The quantitative estimate of drug-likeness (QED) is 0.492. The molecule has 0 saturated carbocycles. The zero-order valence-electron chi connectivity index (χ0n) is 10.1. The summed E-state index contributed by atoms with van der Waals surface area (Å²) in [6, 6.07) is 0. The summed E-state index contributed by atoms with van der Waals surface area (Å²) in [5.41, 5.74) is 0. The first-order chi connectivity index (χ1) is 8.22. The van der Waals surface area contributed by atoms with Crippen LogP contribution in [0.1, 0.15) is 20.3 Å². The van der Waals surface area contributed by atoms with Crippen LogP contribution in [0.25, 0.3) is 0 Å². The number of carboxylic acids is 3. The Morgan fingerprint density at radius 2 is 0.778 bits per heavy atom. The van der Waals surface area contributed by atoms with Crippen molar-refractivity contribution in [3.8, 4) is 0 Å². The van der Waals surface area contributed by atoms with E-state index < -0.39 is 17.9 Å². The minimum absolute atomic E-state index is 0.194. The summed E-state index contributed by atoms with van der Waals surface area (Å²) >= 11 is 10.1. The van der Waals surface area contributed by atoms with Gasteiger partial charge in [-0.3, -0.25) is 0 Å². The van der Waals surface area contributed by atoms with Gasteiger partial charge in [0.1, 0.15) is 0 Å². The average molecular weight is 317 g/mol. The number of hydrogen-bond donors (Lipinski definition) is 3. The van der Waals surface area contributed by atoms with Gasteiger partial charge in [0, 0.05) is 17.3 Å². The molecule has 0 aliphatic rings. The van der Waals surface area contributed by atoms with Crippen molar-refractivity contribution in [2.24, 2.45) is 0 Å². The maximum absolute atomic E-state index is 9.18. The number of thiol groups is 3. The molecule has 0 heterocycles. The van der Waals surface area contributed by atoms with E-state index in [0.717, 1.165) is 0 Å². The molecule has 0 rings (SSSR count). The Balaban J connectivity index is -0.0000000739. The maximum atomic E-state index is 9.18. The molecule has 9 heteroatoms. The molecule has 0 aromatic heterocycles. The molecule has 0 aliphatic heterocycles. The molecule has 0 fully saturated rings. The first-order valence-electron chi connectivity index (χ1n) is 4.65. The fraction of sp³-hybridized carbons (Fsp3) is 0.667. The molecule has 0 radical (unpaired) electrons. The fourth-order valence-corrected chi connectivity index (χ4v) is 0. The zero-order chi connectivity index (χ0) is 15.6. The smallest absolute Gasteiger partial charge is 0.0510 e. The van der Waals surface area contributed by atoms with Gasteiger partial charge >= 0.3 is 0 Å². The van der Waals surface area contributed by atoms with E-state index in [1.54, 1.807) is 0 Å². The van der Waals surface area contributed by atoms with Crippen LogP contribution in [0.3, 0.4) is 0 Å². The summed E-state index contributed by atoms with van der Waals surface area (Å²) in [4.78, 5) is 27.5. The van der Waals surface area contributed by atoms with Crippen molar-refractivity contribution >= 4 is 55.8 Å². The van der Waals surface area contributed by atoms with Gasteiger partial charge in [-0.05, 0) is 0 Å². The van der Waals surface area contributed by atoms with Gasteiger partial charge in [0.05, 0.1) is 17.9 Å². The Morgan fingerprint density at radius 3 is 0.778 bits per heavy atom. The molecule has 110 valence electrons. The van der Waals surface area contributed by atoms with E-state index in [-0.39, 0.29) is 17.3 Å². The van der Waals surface area contributed by atoms with Crippen molar-refractivity contribution in [3.63, 3.8) is 0 Å². The average Bonchev–Trinajstić information content (AvgIpc) is 2.31. The first kappa shape index (κ1) is 26.1. The van der Waals surface area contributed by atoms with Crippen LogP contribution in [-0.2, 0) is 14.4 Å². The summed E-state index contributed by atoms with van der Waals surface area (Å²) in [5, 5.41) is 27.5. The summed E-state index contributed by atoms with van der Waals surface area (Å²) in [6.45, 7) is 4.25. The second-order valence-corrected chi connectivity index (χ2v) is 3.25. The van der Waals surface area contributed by atoms with Crippen LogP contribution in [0.15, 0.2) is 0 Å². The van der Waals surface area contributed by atoms with Crippen molar-refractivity contribution in [3.05, 3.63) is 0 Å². The lowest BCUT2D eigenvalue weighted by atomic mass is 10.6. The molecule has 0 aromatic carbocycles. The fourth-order valence-electron chi connectivity index (χ4n) is 0. The third-order valence-electron chi connectivity index (χ3n) is 0.387. The van der Waals surface area contributed by atoms with Crippen LogP contribution in [0.5, 0.6) is 0 Å². The summed E-state index contributed by atoms with van der Waals surface area (Å²) in [5.74, 6) is -3.98. The van der Waals surface area contributed by atoms with Crippen LogP contribution >= 0.6 is 37.9 Å². The van der Waals surface area contributed by atoms with E-state index in [0.29, 0.717) is 0 Å². The lowest BCUT2D eigenvalue weighted by Gasteiger charge is -1.86. The lowest BCUT2D eigenvalue weighted by molar-refractivity contribution is -0.302. The van der Waals surface area contributed by atoms with Gasteiger partial charge in [-0.1, -0.05) is 20.3 Å². The van der Waals surface area contributed by atoms with Gasteiger partial charge in [0.2, 0.25) is 0 Å². The van der Waals surface area contributed by atoms with Crippen LogP contribution in [0.2, 0.25) is 0 Å². The van der Waals surface area contributed by atoms with Gasteiger partial charge in [-0.2, -0.15) is 37.9 Å². The monoisotopic (exact) mass is 317 g/mol. The third kappa shape index (κ3) is 108. The number of carboxylic acid groups (broad SMARTS) is 3. The zero-order valence-corrected chi connectivity index (χ0v) is 12.8. The molecule has 0 unspecified atom stereocenters. The Kier molecular flexibility index (Phi) is 36.8. The van der Waals surface area contributed by atoms with Gasteiger partial charge in [-0.15, -0.1) is 0 Å². The summed E-state index contributed by atoms with van der Waals surface area (Å²) in [6.07, 6.45) is 1.25. The molecule has 0 N–H and O–H groups in total. The van der Waals surface area contributed by atoms with Gasteiger partial charge in [0.15, 0.2) is 0 Å². The standard InChI is InChI=1S/C3H8.3C2H4O2S/c1-3-2;3*3-2(4)1-5/h3H2,1-2H3;3*5H,1H2,(H,3,4)/p-3. The van der Waals surface area contributed by atoms with Crippen molar-refractivity contribution in [1.82, 2.24) is 0 Å². The van der Waals surface area contributed by atoms with E-state index in [9.17, 15) is 29.7 Å². The lowest BCUT2D eigenvalue weighted by Crippen LogP contribution is -2.23.